The molecule has 0 saturated heterocycles. The van der Waals surface area contributed by atoms with Crippen molar-refractivity contribution >= 4 is 17.5 Å². The number of nitrogens with one attached hydrogen (secondary N) is 4. The largest absolute Gasteiger partial charge is 0.392 e. The van der Waals surface area contributed by atoms with Gasteiger partial charge in [0, 0.05) is 12.1 Å². The third-order valence-electron chi connectivity index (χ3n) is 4.84. The topological polar surface area (TPSA) is 150 Å². The Morgan fingerprint density at radius 3 is 2.21 bits per heavy atom. The lowest BCUT2D eigenvalue weighted by Crippen LogP contribution is -2.45. The Balaban J connectivity index is 1.49. The number of hydrogen-bond acceptors (Lipinski definition) is 5. The number of rotatable bonds is 5. The average Bonchev–Trinajstić information content (AvgIpc) is 2.67. The van der Waals surface area contributed by atoms with Crippen LogP contribution in [0.4, 0.5) is 5.69 Å². The van der Waals surface area contributed by atoms with E-state index in [1.54, 1.807) is 0 Å². The molecule has 3 rings (SSSR count). The summed E-state index contributed by atoms with van der Waals surface area (Å²) in [4.78, 5) is 51.6. The van der Waals surface area contributed by atoms with E-state index in [9.17, 15) is 19.2 Å². The van der Waals surface area contributed by atoms with E-state index >= 15 is 0 Å². The molecule has 0 aliphatic heterocycles. The van der Waals surface area contributed by atoms with Crippen LogP contribution in [-0.4, -0.2) is 33.9 Å². The van der Waals surface area contributed by atoms with Crippen LogP contribution < -0.4 is 27.6 Å². The molecule has 0 unspecified atom stereocenters. The molecule has 1 aliphatic carbocycles. The summed E-state index contributed by atoms with van der Waals surface area (Å²) in [6, 6.07) is 9.48. The first-order valence-corrected chi connectivity index (χ1v) is 9.18. The summed E-state index contributed by atoms with van der Waals surface area (Å²) in [6.07, 6.45) is 3.15. The fraction of sp³-hybridized carbons (Fsp3) is 0.368. The van der Waals surface area contributed by atoms with Gasteiger partial charge in [-0.1, -0.05) is 30.3 Å². The van der Waals surface area contributed by atoms with Crippen molar-refractivity contribution in [2.24, 2.45) is 0 Å². The van der Waals surface area contributed by atoms with Gasteiger partial charge in [-0.3, -0.25) is 19.4 Å². The van der Waals surface area contributed by atoms with Crippen LogP contribution in [0.3, 0.4) is 0 Å². The molecule has 1 aromatic carbocycles. The average molecular weight is 385 g/mol. The maximum absolute atomic E-state index is 12.3. The smallest absolute Gasteiger partial charge is 0.326 e. The normalized spacial score (nSPS) is 19.0. The van der Waals surface area contributed by atoms with Gasteiger partial charge in [0.25, 0.3) is 11.5 Å². The van der Waals surface area contributed by atoms with Crippen molar-refractivity contribution in [3.8, 4) is 0 Å². The fourth-order valence-corrected chi connectivity index (χ4v) is 3.37. The lowest BCUT2D eigenvalue weighted by molar-refractivity contribution is -0.121. The molecule has 9 heteroatoms. The minimum absolute atomic E-state index is 0.0208. The summed E-state index contributed by atoms with van der Waals surface area (Å²) >= 11 is 0. The van der Waals surface area contributed by atoms with Crippen LogP contribution in [0.1, 0.15) is 41.7 Å². The second kappa shape index (κ2) is 8.55. The first kappa shape index (κ1) is 19.4. The number of carbonyl (C=O) groups is 2. The number of anilines is 1. The first-order valence-electron chi connectivity index (χ1n) is 9.18. The number of aromatic amines is 2. The maximum Gasteiger partial charge on any atom is 0.326 e. The molecular weight excluding hydrogens is 362 g/mol. The minimum atomic E-state index is -0.793. The zero-order chi connectivity index (χ0) is 20.1. The minimum Gasteiger partial charge on any atom is -0.392 e. The molecule has 0 atom stereocenters. The van der Waals surface area contributed by atoms with Crippen LogP contribution in [0.25, 0.3) is 0 Å². The number of hydrogen-bond donors (Lipinski definition) is 5. The molecule has 0 bridgehead atoms. The Bertz CT molecular complexity index is 958. The first-order chi connectivity index (χ1) is 13.4. The predicted octanol–water partition coefficient (Wildman–Crippen LogP) is 0.0453. The van der Waals surface area contributed by atoms with E-state index in [1.165, 1.54) is 0 Å². The lowest BCUT2D eigenvalue weighted by atomic mass is 9.91. The third kappa shape index (κ3) is 4.87. The molecule has 1 saturated carbocycles. The Kier molecular flexibility index (Phi) is 5.93. The molecule has 9 nitrogen and oxygen atoms in total. The lowest BCUT2D eigenvalue weighted by Gasteiger charge is -2.29. The van der Waals surface area contributed by atoms with Crippen molar-refractivity contribution in [3.05, 3.63) is 62.4 Å². The van der Waals surface area contributed by atoms with Gasteiger partial charge in [0.1, 0.15) is 11.4 Å². The van der Waals surface area contributed by atoms with Crippen molar-refractivity contribution in [1.29, 1.82) is 0 Å². The number of aromatic nitrogens is 2. The number of nitrogen functional groups attached to an aromatic ring is 1. The van der Waals surface area contributed by atoms with E-state index in [4.69, 9.17) is 5.73 Å². The summed E-state index contributed by atoms with van der Waals surface area (Å²) in [5.41, 5.74) is 4.41. The molecule has 28 heavy (non-hydrogen) atoms. The van der Waals surface area contributed by atoms with Crippen molar-refractivity contribution in [1.82, 2.24) is 20.6 Å². The van der Waals surface area contributed by atoms with Gasteiger partial charge in [0.15, 0.2) is 0 Å². The van der Waals surface area contributed by atoms with Crippen LogP contribution >= 0.6 is 0 Å². The summed E-state index contributed by atoms with van der Waals surface area (Å²) in [7, 11) is 0. The number of nitrogens with two attached hydrogens (primary N) is 1. The van der Waals surface area contributed by atoms with Gasteiger partial charge in [-0.15, -0.1) is 0 Å². The molecule has 6 N–H and O–H groups in total. The Hall–Kier alpha value is -3.36. The molecule has 2 aromatic rings. The zero-order valence-corrected chi connectivity index (χ0v) is 15.3. The third-order valence-corrected chi connectivity index (χ3v) is 4.84. The molecule has 2 amide bonds. The molecule has 1 aliphatic rings. The van der Waals surface area contributed by atoms with E-state index in [0.29, 0.717) is 19.3 Å². The number of H-pyrrole nitrogens is 2. The highest BCUT2D eigenvalue weighted by Crippen LogP contribution is 2.19. The van der Waals surface area contributed by atoms with Gasteiger partial charge < -0.3 is 21.4 Å². The monoisotopic (exact) mass is 385 g/mol. The van der Waals surface area contributed by atoms with Crippen molar-refractivity contribution in [2.75, 3.05) is 5.73 Å². The summed E-state index contributed by atoms with van der Waals surface area (Å²) in [5, 5.41) is 5.82. The predicted molar refractivity (Wildman–Crippen MR) is 104 cm³/mol. The number of carbonyl (C=O) groups excluding carboxylic acids is 2. The summed E-state index contributed by atoms with van der Waals surface area (Å²) in [5.74, 6) is -0.607. The summed E-state index contributed by atoms with van der Waals surface area (Å²) < 4.78 is 0. The van der Waals surface area contributed by atoms with E-state index < -0.39 is 17.2 Å². The molecule has 1 aromatic heterocycles. The summed E-state index contributed by atoms with van der Waals surface area (Å²) in [6.45, 7) is 0. The van der Waals surface area contributed by atoms with E-state index in [0.717, 1.165) is 18.4 Å². The second-order valence-electron chi connectivity index (χ2n) is 6.95. The molecule has 1 fully saturated rings. The highest BCUT2D eigenvalue weighted by atomic mass is 16.2. The van der Waals surface area contributed by atoms with Crippen LogP contribution in [0, 0.1) is 0 Å². The van der Waals surface area contributed by atoms with Crippen LogP contribution in [0.5, 0.6) is 0 Å². The quantitative estimate of drug-likeness (QED) is 0.493. The molecule has 1 heterocycles. The van der Waals surface area contributed by atoms with Gasteiger partial charge in [-0.2, -0.15) is 0 Å². The van der Waals surface area contributed by atoms with Gasteiger partial charge in [-0.05, 0) is 31.2 Å². The second-order valence-corrected chi connectivity index (χ2v) is 6.95. The van der Waals surface area contributed by atoms with Crippen molar-refractivity contribution in [2.45, 2.75) is 44.2 Å². The highest BCUT2D eigenvalue weighted by molar-refractivity contribution is 5.96. The molecular formula is C19H23N5O4. The Labute approximate surface area is 160 Å². The van der Waals surface area contributed by atoms with E-state index in [1.807, 2.05) is 35.3 Å². The van der Waals surface area contributed by atoms with E-state index in [2.05, 4.69) is 15.6 Å². The highest BCUT2D eigenvalue weighted by Gasteiger charge is 2.25. The molecule has 148 valence electrons. The van der Waals surface area contributed by atoms with Crippen LogP contribution in [0.15, 0.2) is 39.9 Å². The van der Waals surface area contributed by atoms with Gasteiger partial charge in [-0.25, -0.2) is 4.79 Å². The SMILES string of the molecule is Nc1c(C(=O)NC2CCC(NC(=O)Cc3ccccc3)CC2)[nH]c(=O)[nH]c1=O. The van der Waals surface area contributed by atoms with Crippen molar-refractivity contribution in [3.63, 3.8) is 0 Å². The number of benzene rings is 1. The molecule has 0 spiro atoms. The van der Waals surface area contributed by atoms with Crippen LogP contribution in [-0.2, 0) is 11.2 Å². The fourth-order valence-electron chi connectivity index (χ4n) is 3.37. The van der Waals surface area contributed by atoms with Crippen LogP contribution in [0.2, 0.25) is 0 Å². The zero-order valence-electron chi connectivity index (χ0n) is 15.3. The Morgan fingerprint density at radius 2 is 1.57 bits per heavy atom. The molecule has 0 radical (unpaired) electrons. The standard InChI is InChI=1S/C19H23N5O4/c20-15-16(23-19(28)24-17(15)26)18(27)22-13-8-6-12(7-9-13)21-14(25)10-11-4-2-1-3-5-11/h1-5,12-13H,6-10,20H2,(H,21,25)(H,22,27)(H2,23,24,26,28). The van der Waals surface area contributed by atoms with Gasteiger partial charge >= 0.3 is 5.69 Å². The maximum atomic E-state index is 12.3. The van der Waals surface area contributed by atoms with E-state index in [-0.39, 0.29) is 29.4 Å². The number of amides is 2. The Morgan fingerprint density at radius 1 is 0.964 bits per heavy atom. The van der Waals surface area contributed by atoms with Gasteiger partial charge in [0.05, 0.1) is 6.42 Å². The van der Waals surface area contributed by atoms with Gasteiger partial charge in [0.2, 0.25) is 5.91 Å². The van der Waals surface area contributed by atoms with Crippen molar-refractivity contribution < 1.29 is 9.59 Å².